The smallest absolute Gasteiger partial charge is 0.203 e. The Morgan fingerprint density at radius 2 is 1.33 bits per heavy atom. The van der Waals surface area contributed by atoms with Crippen LogP contribution in [0.4, 0.5) is 5.69 Å². The molecule has 0 spiro atoms. The minimum Gasteiger partial charge on any atom is -0.497 e. The van der Waals surface area contributed by atoms with Gasteiger partial charge >= 0.3 is 0 Å². The summed E-state index contributed by atoms with van der Waals surface area (Å²) in [6.45, 7) is 0. The lowest BCUT2D eigenvalue weighted by atomic mass is 10.1. The van der Waals surface area contributed by atoms with Gasteiger partial charge in [-0.05, 0) is 59.7 Å². The number of hydrogen-bond acceptors (Lipinski definition) is 7. The van der Waals surface area contributed by atoms with Crippen molar-refractivity contribution in [2.45, 2.75) is 0 Å². The van der Waals surface area contributed by atoms with Gasteiger partial charge in [-0.1, -0.05) is 23.8 Å². The topological polar surface area (TPSA) is 75.3 Å². The molecule has 0 heterocycles. The van der Waals surface area contributed by atoms with Gasteiger partial charge in [0.05, 0.1) is 46.3 Å². The van der Waals surface area contributed by atoms with Crippen molar-refractivity contribution in [3.8, 4) is 28.7 Å². The second kappa shape index (κ2) is 12.6. The van der Waals surface area contributed by atoms with Gasteiger partial charge in [0.2, 0.25) is 5.75 Å². The first-order chi connectivity index (χ1) is 17.4. The molecule has 188 valence electrons. The van der Waals surface area contributed by atoms with Crippen molar-refractivity contribution in [2.75, 3.05) is 40.9 Å². The molecule has 0 bridgehead atoms. The number of ether oxygens (including phenoxy) is 5. The molecule has 0 aliphatic heterocycles. The zero-order valence-corrected chi connectivity index (χ0v) is 21.5. The number of nitrogens with one attached hydrogen (secondary N) is 1. The number of allylic oxidation sites excluding steroid dienone is 1. The SMILES string of the molecule is COc1ccc(C(=O)C=CNc2cc(C=Cc3cc(OC)c(OC)c(OC)c3)cc(Cl)c2OC)cc1. The predicted molar refractivity (Wildman–Crippen MR) is 143 cm³/mol. The lowest BCUT2D eigenvalue weighted by Crippen LogP contribution is -1.98. The molecule has 0 atom stereocenters. The van der Waals surface area contributed by atoms with Crippen molar-refractivity contribution >= 4 is 35.2 Å². The molecular formula is C28H28ClNO6. The van der Waals surface area contributed by atoms with Crippen molar-refractivity contribution in [3.05, 3.63) is 82.5 Å². The summed E-state index contributed by atoms with van der Waals surface area (Å²) in [6.07, 6.45) is 6.78. The van der Waals surface area contributed by atoms with E-state index in [1.807, 2.05) is 30.4 Å². The number of anilines is 1. The van der Waals surface area contributed by atoms with Crippen molar-refractivity contribution in [1.29, 1.82) is 0 Å². The van der Waals surface area contributed by atoms with Crippen LogP contribution in [0.1, 0.15) is 21.5 Å². The van der Waals surface area contributed by atoms with Gasteiger partial charge in [0.1, 0.15) is 5.75 Å². The molecule has 0 aliphatic carbocycles. The highest BCUT2D eigenvalue weighted by molar-refractivity contribution is 6.32. The Morgan fingerprint density at radius 3 is 1.86 bits per heavy atom. The van der Waals surface area contributed by atoms with Crippen LogP contribution in [0.2, 0.25) is 5.02 Å². The highest BCUT2D eigenvalue weighted by Gasteiger charge is 2.13. The number of hydrogen-bond donors (Lipinski definition) is 1. The number of carbonyl (C=O) groups is 1. The number of benzene rings is 3. The molecule has 0 unspecified atom stereocenters. The van der Waals surface area contributed by atoms with E-state index >= 15 is 0 Å². The number of methoxy groups -OCH3 is 5. The molecule has 7 nitrogen and oxygen atoms in total. The van der Waals surface area contributed by atoms with Gasteiger partial charge in [0.15, 0.2) is 23.0 Å². The van der Waals surface area contributed by atoms with Gasteiger partial charge in [0, 0.05) is 17.8 Å². The molecule has 3 aromatic rings. The lowest BCUT2D eigenvalue weighted by Gasteiger charge is -2.13. The molecule has 8 heteroatoms. The Labute approximate surface area is 215 Å². The minimum absolute atomic E-state index is 0.159. The van der Waals surface area contributed by atoms with Crippen LogP contribution in [0.3, 0.4) is 0 Å². The van der Waals surface area contributed by atoms with Crippen molar-refractivity contribution in [2.24, 2.45) is 0 Å². The molecule has 0 radical (unpaired) electrons. The maximum absolute atomic E-state index is 12.5. The maximum atomic E-state index is 12.5. The molecule has 0 aliphatic rings. The summed E-state index contributed by atoms with van der Waals surface area (Å²) in [6, 6.07) is 14.2. The van der Waals surface area contributed by atoms with Gasteiger partial charge < -0.3 is 29.0 Å². The summed E-state index contributed by atoms with van der Waals surface area (Å²) >= 11 is 6.46. The van der Waals surface area contributed by atoms with Crippen LogP contribution in [0.5, 0.6) is 28.7 Å². The fourth-order valence-corrected chi connectivity index (χ4v) is 3.78. The average molecular weight is 510 g/mol. The van der Waals surface area contributed by atoms with Crippen LogP contribution in [-0.2, 0) is 0 Å². The summed E-state index contributed by atoms with van der Waals surface area (Å²) in [7, 11) is 7.80. The van der Waals surface area contributed by atoms with E-state index < -0.39 is 0 Å². The predicted octanol–water partition coefficient (Wildman–Crippen LogP) is 6.36. The summed E-state index contributed by atoms with van der Waals surface area (Å²) in [5, 5.41) is 3.51. The summed E-state index contributed by atoms with van der Waals surface area (Å²) in [5.74, 6) is 2.62. The first kappa shape index (κ1) is 26.5. The molecule has 0 aromatic heterocycles. The van der Waals surface area contributed by atoms with E-state index in [9.17, 15) is 4.79 Å². The second-order valence-electron chi connectivity index (χ2n) is 7.45. The molecule has 36 heavy (non-hydrogen) atoms. The van der Waals surface area contributed by atoms with Crippen LogP contribution < -0.4 is 29.0 Å². The third kappa shape index (κ3) is 6.31. The lowest BCUT2D eigenvalue weighted by molar-refractivity contribution is 0.104. The van der Waals surface area contributed by atoms with Crippen molar-refractivity contribution in [3.63, 3.8) is 0 Å². The minimum atomic E-state index is -0.159. The number of carbonyl (C=O) groups excluding carboxylic acids is 1. The zero-order chi connectivity index (χ0) is 26.1. The first-order valence-corrected chi connectivity index (χ1v) is 11.3. The largest absolute Gasteiger partial charge is 0.497 e. The molecule has 3 rings (SSSR count). The van der Waals surface area contributed by atoms with Crippen LogP contribution in [-0.4, -0.2) is 41.3 Å². The molecule has 3 aromatic carbocycles. The van der Waals surface area contributed by atoms with E-state index in [-0.39, 0.29) is 5.78 Å². The standard InChI is InChI=1S/C28H28ClNO6/c1-32-21-10-8-20(9-11-21)24(31)12-13-30-23-15-18(14-22(29)27(23)35-4)6-7-19-16-25(33-2)28(36-5)26(17-19)34-3/h6-17,30H,1-5H3. The van der Waals surface area contributed by atoms with E-state index in [2.05, 4.69) is 5.32 Å². The van der Waals surface area contributed by atoms with Crippen LogP contribution in [0.25, 0.3) is 12.2 Å². The highest BCUT2D eigenvalue weighted by Crippen LogP contribution is 2.39. The normalized spacial score (nSPS) is 10.9. The van der Waals surface area contributed by atoms with Gasteiger partial charge in [0.25, 0.3) is 0 Å². The molecular weight excluding hydrogens is 482 g/mol. The molecule has 0 saturated carbocycles. The summed E-state index contributed by atoms with van der Waals surface area (Å²) < 4.78 is 26.8. The van der Waals surface area contributed by atoms with Gasteiger partial charge in [-0.3, -0.25) is 4.79 Å². The second-order valence-corrected chi connectivity index (χ2v) is 7.85. The Bertz CT molecular complexity index is 1240. The number of ketones is 1. The first-order valence-electron chi connectivity index (χ1n) is 10.9. The van der Waals surface area contributed by atoms with Crippen LogP contribution >= 0.6 is 11.6 Å². The van der Waals surface area contributed by atoms with Gasteiger partial charge in [-0.25, -0.2) is 0 Å². The van der Waals surface area contributed by atoms with E-state index in [1.165, 1.54) is 13.2 Å². The Kier molecular flexibility index (Phi) is 9.25. The number of rotatable bonds is 11. The molecule has 0 amide bonds. The Balaban J connectivity index is 1.83. The fourth-order valence-electron chi connectivity index (χ4n) is 3.47. The third-order valence-electron chi connectivity index (χ3n) is 5.27. The average Bonchev–Trinajstić information content (AvgIpc) is 2.91. The Morgan fingerprint density at radius 1 is 0.750 bits per heavy atom. The van der Waals surface area contributed by atoms with Gasteiger partial charge in [-0.2, -0.15) is 0 Å². The highest BCUT2D eigenvalue weighted by atomic mass is 35.5. The van der Waals surface area contributed by atoms with E-state index in [0.717, 1.165) is 11.1 Å². The maximum Gasteiger partial charge on any atom is 0.203 e. The molecule has 0 saturated heterocycles. The van der Waals surface area contributed by atoms with Crippen LogP contribution in [0, 0.1) is 0 Å². The fraction of sp³-hybridized carbons (Fsp3) is 0.179. The van der Waals surface area contributed by atoms with E-state index in [4.69, 9.17) is 35.3 Å². The Hall–Kier alpha value is -4.10. The van der Waals surface area contributed by atoms with Crippen molar-refractivity contribution in [1.82, 2.24) is 0 Å². The van der Waals surface area contributed by atoms with E-state index in [1.54, 1.807) is 65.0 Å². The van der Waals surface area contributed by atoms with E-state index in [0.29, 0.717) is 45.0 Å². The van der Waals surface area contributed by atoms with Crippen LogP contribution in [0.15, 0.2) is 60.8 Å². The summed E-state index contributed by atoms with van der Waals surface area (Å²) in [4.78, 5) is 12.5. The molecule has 1 N–H and O–H groups in total. The third-order valence-corrected chi connectivity index (χ3v) is 5.55. The quantitative estimate of drug-likeness (QED) is 0.183. The molecule has 0 fully saturated rings. The monoisotopic (exact) mass is 509 g/mol. The summed E-state index contributed by atoms with van der Waals surface area (Å²) in [5.41, 5.74) is 2.80. The van der Waals surface area contributed by atoms with Crippen molar-refractivity contribution < 1.29 is 28.5 Å². The number of halogens is 1. The zero-order valence-electron chi connectivity index (χ0n) is 20.8. The van der Waals surface area contributed by atoms with Gasteiger partial charge in [-0.15, -0.1) is 0 Å².